The molecule has 3 heteroatoms. The van der Waals surface area contributed by atoms with E-state index in [1.165, 1.54) is 0 Å². The molecule has 0 aromatic carbocycles. The van der Waals surface area contributed by atoms with E-state index in [0.29, 0.717) is 0 Å². The third kappa shape index (κ3) is 2.14. The minimum atomic E-state index is -1.97. The first-order chi connectivity index (χ1) is 4.37. The average molecular weight is 199 g/mol. The second kappa shape index (κ2) is 3.46. The molecule has 0 saturated carbocycles. The maximum atomic E-state index is 6.14. The van der Waals surface area contributed by atoms with Crippen LogP contribution in [0.15, 0.2) is 0 Å². The van der Waals surface area contributed by atoms with Gasteiger partial charge in [-0.25, -0.2) is 0 Å². The van der Waals surface area contributed by atoms with Gasteiger partial charge >= 0.3 is 0 Å². The molecule has 0 N–H and O–H groups in total. The molecule has 0 aromatic heterocycles. The Kier molecular flexibility index (Phi) is 3.74. The second-order valence-electron chi connectivity index (χ2n) is 3.16. The van der Waals surface area contributed by atoms with Gasteiger partial charge in [0.25, 0.3) is 6.69 Å². The number of rotatable bonds is 3. The largest absolute Gasteiger partial charge is 0.254 e. The Morgan fingerprint density at radius 2 is 1.50 bits per heavy atom. The van der Waals surface area contributed by atoms with E-state index in [4.69, 9.17) is 22.2 Å². The van der Waals surface area contributed by atoms with Crippen molar-refractivity contribution >= 4 is 28.9 Å². The lowest BCUT2D eigenvalue weighted by atomic mass is 10.1. The third-order valence-corrected chi connectivity index (χ3v) is 8.18. The van der Waals surface area contributed by atoms with Crippen LogP contribution in [0.3, 0.4) is 0 Å². The summed E-state index contributed by atoms with van der Waals surface area (Å²) in [6, 6.07) is 0. The maximum Gasteiger partial charge on any atom is 0.254 e. The van der Waals surface area contributed by atoms with E-state index in [9.17, 15) is 0 Å². The molecule has 0 bridgehead atoms. The van der Waals surface area contributed by atoms with Crippen LogP contribution in [0.25, 0.3) is 0 Å². The molecule has 0 saturated heterocycles. The molecule has 0 spiro atoms. The van der Waals surface area contributed by atoms with Gasteiger partial charge in [-0.15, -0.1) is 22.2 Å². The van der Waals surface area contributed by atoms with Crippen molar-refractivity contribution in [3.8, 4) is 0 Å². The van der Waals surface area contributed by atoms with Crippen molar-refractivity contribution in [2.24, 2.45) is 0 Å². The summed E-state index contributed by atoms with van der Waals surface area (Å²) in [5, 5.41) is 0.191. The molecule has 0 amide bonds. The molecule has 0 aliphatic carbocycles. The summed E-state index contributed by atoms with van der Waals surface area (Å²) >= 11 is 12.3. The summed E-state index contributed by atoms with van der Waals surface area (Å²) in [6.45, 7) is 6.52. The van der Waals surface area contributed by atoms with E-state index in [1.54, 1.807) is 0 Å². The Hall–Kier alpha value is 0.797. The fraction of sp³-hybridized carbons (Fsp3) is 1.00. The first-order valence-corrected chi connectivity index (χ1v) is 8.27. The molecule has 0 unspecified atom stereocenters. The number of hydrogen-bond donors (Lipinski definition) is 0. The monoisotopic (exact) mass is 198 g/mol. The van der Waals surface area contributed by atoms with Crippen LogP contribution in [0.5, 0.6) is 0 Å². The van der Waals surface area contributed by atoms with E-state index in [1.807, 2.05) is 6.55 Å². The SMILES string of the molecule is CCC(C)(CC)[Si](C)(Cl)Cl. The molecule has 62 valence electrons. The lowest BCUT2D eigenvalue weighted by molar-refractivity contribution is 0.556. The van der Waals surface area contributed by atoms with Crippen molar-refractivity contribution in [3.05, 3.63) is 0 Å². The topological polar surface area (TPSA) is 0 Å². The third-order valence-electron chi connectivity index (χ3n) is 2.62. The quantitative estimate of drug-likeness (QED) is 0.473. The Balaban J connectivity index is 4.33. The zero-order chi connectivity index (χ0) is 8.41. The highest BCUT2D eigenvalue weighted by Crippen LogP contribution is 2.48. The molecular weight excluding hydrogens is 183 g/mol. The molecular formula is C7H16Cl2Si. The highest BCUT2D eigenvalue weighted by Gasteiger charge is 2.41. The Morgan fingerprint density at radius 3 is 1.50 bits per heavy atom. The van der Waals surface area contributed by atoms with Gasteiger partial charge in [0.15, 0.2) is 0 Å². The van der Waals surface area contributed by atoms with Crippen LogP contribution in [0.2, 0.25) is 11.6 Å². The van der Waals surface area contributed by atoms with Crippen LogP contribution >= 0.6 is 22.2 Å². The van der Waals surface area contributed by atoms with E-state index in [-0.39, 0.29) is 5.04 Å². The molecule has 0 aromatic rings. The standard InChI is InChI=1S/C7H16Cl2Si/c1-5-7(3,6-2)10(4,8)9/h5-6H2,1-4H3. The van der Waals surface area contributed by atoms with Gasteiger partial charge in [0.05, 0.1) is 0 Å². The highest BCUT2D eigenvalue weighted by molar-refractivity contribution is 7.46. The normalized spacial score (nSPS) is 13.8. The van der Waals surface area contributed by atoms with Crippen LogP contribution in [0, 0.1) is 0 Å². The summed E-state index contributed by atoms with van der Waals surface area (Å²) in [4.78, 5) is 0. The van der Waals surface area contributed by atoms with E-state index in [0.717, 1.165) is 12.8 Å². The molecule has 0 radical (unpaired) electrons. The van der Waals surface area contributed by atoms with Gasteiger partial charge in [-0.2, -0.15) is 0 Å². The van der Waals surface area contributed by atoms with E-state index < -0.39 is 6.69 Å². The molecule has 0 atom stereocenters. The van der Waals surface area contributed by atoms with Crippen molar-refractivity contribution in [1.82, 2.24) is 0 Å². The van der Waals surface area contributed by atoms with Crippen LogP contribution in [0.4, 0.5) is 0 Å². The summed E-state index contributed by atoms with van der Waals surface area (Å²) in [5.41, 5.74) is 0. The molecule has 0 fully saturated rings. The smallest absolute Gasteiger partial charge is 0.146 e. The van der Waals surface area contributed by atoms with Crippen molar-refractivity contribution in [1.29, 1.82) is 0 Å². The summed E-state index contributed by atoms with van der Waals surface area (Å²) < 4.78 is 0. The van der Waals surface area contributed by atoms with Crippen molar-refractivity contribution in [2.75, 3.05) is 0 Å². The minimum absolute atomic E-state index is 0.191. The predicted octanol–water partition coefficient (Wildman–Crippen LogP) is 4.12. The van der Waals surface area contributed by atoms with Crippen molar-refractivity contribution in [2.45, 2.75) is 45.2 Å². The molecule has 0 aliphatic rings. The van der Waals surface area contributed by atoms with Gasteiger partial charge < -0.3 is 0 Å². The number of halogens is 2. The van der Waals surface area contributed by atoms with Crippen LogP contribution in [0.1, 0.15) is 33.6 Å². The Morgan fingerprint density at radius 1 is 1.20 bits per heavy atom. The Labute approximate surface area is 74.3 Å². The lowest BCUT2D eigenvalue weighted by Gasteiger charge is -2.34. The fourth-order valence-electron chi connectivity index (χ4n) is 0.871. The molecule has 0 heterocycles. The summed E-state index contributed by atoms with van der Waals surface area (Å²) in [7, 11) is 0. The zero-order valence-corrected chi connectivity index (χ0v) is 9.68. The molecule has 0 rings (SSSR count). The van der Waals surface area contributed by atoms with Gasteiger partial charge in [-0.1, -0.05) is 33.6 Å². The average Bonchev–Trinajstić information content (AvgIpc) is 1.84. The maximum absolute atomic E-state index is 6.14. The summed E-state index contributed by atoms with van der Waals surface area (Å²) in [5.74, 6) is 0. The molecule has 0 aliphatic heterocycles. The minimum Gasteiger partial charge on any atom is -0.146 e. The van der Waals surface area contributed by atoms with Gasteiger partial charge in [0.1, 0.15) is 0 Å². The van der Waals surface area contributed by atoms with Gasteiger partial charge in [-0.05, 0) is 11.6 Å². The van der Waals surface area contributed by atoms with Crippen LogP contribution in [-0.2, 0) is 0 Å². The van der Waals surface area contributed by atoms with Crippen LogP contribution < -0.4 is 0 Å². The summed E-state index contributed by atoms with van der Waals surface area (Å²) in [6.07, 6.45) is 2.17. The first-order valence-electron chi connectivity index (χ1n) is 3.75. The zero-order valence-electron chi connectivity index (χ0n) is 7.17. The van der Waals surface area contributed by atoms with Gasteiger partial charge in [-0.3, -0.25) is 0 Å². The van der Waals surface area contributed by atoms with Gasteiger partial charge in [0, 0.05) is 0 Å². The predicted molar refractivity (Wildman–Crippen MR) is 52.3 cm³/mol. The van der Waals surface area contributed by atoms with Crippen molar-refractivity contribution < 1.29 is 0 Å². The van der Waals surface area contributed by atoms with E-state index in [2.05, 4.69) is 20.8 Å². The van der Waals surface area contributed by atoms with Crippen LogP contribution in [-0.4, -0.2) is 6.69 Å². The first kappa shape index (κ1) is 10.8. The fourth-order valence-corrected chi connectivity index (χ4v) is 3.72. The molecule has 0 nitrogen and oxygen atoms in total. The molecule has 10 heavy (non-hydrogen) atoms. The highest BCUT2D eigenvalue weighted by atomic mass is 35.7. The van der Waals surface area contributed by atoms with E-state index >= 15 is 0 Å². The van der Waals surface area contributed by atoms with Gasteiger partial charge in [0.2, 0.25) is 0 Å². The number of hydrogen-bond acceptors (Lipinski definition) is 0. The Bertz CT molecular complexity index is 103. The lowest BCUT2D eigenvalue weighted by Crippen LogP contribution is -2.31. The van der Waals surface area contributed by atoms with Crippen molar-refractivity contribution in [3.63, 3.8) is 0 Å². The second-order valence-corrected chi connectivity index (χ2v) is 11.3.